The van der Waals surface area contributed by atoms with Crippen LogP contribution in [0.4, 0.5) is 0 Å². The molecule has 0 bridgehead atoms. The minimum absolute atomic E-state index is 0. The lowest BCUT2D eigenvalue weighted by atomic mass is 10.3. The molecule has 0 radical (unpaired) electrons. The summed E-state index contributed by atoms with van der Waals surface area (Å²) in [5.74, 6) is 0. The number of rotatable bonds is 4. The molecule has 0 aromatic heterocycles. The van der Waals surface area contributed by atoms with Gasteiger partial charge >= 0.3 is 0 Å². The van der Waals surface area contributed by atoms with E-state index in [-0.39, 0.29) is 29.7 Å². The summed E-state index contributed by atoms with van der Waals surface area (Å²) in [6.07, 6.45) is 2.78. The number of nitrogens with one attached hydrogen (secondary N) is 5. The largest absolute Gasteiger partial charge is 0.379 e. The Morgan fingerprint density at radius 2 is 1.03 bits per heavy atom. The summed E-state index contributed by atoms with van der Waals surface area (Å²) in [5.41, 5.74) is 0. The van der Waals surface area contributed by atoms with Gasteiger partial charge in [-0.2, -0.15) is 0 Å². The number of hydrogen-bond donors (Lipinski definition) is 5. The Morgan fingerprint density at radius 1 is 0.700 bits per heavy atom. The zero-order valence-corrected chi connectivity index (χ0v) is 19.1. The fourth-order valence-electron chi connectivity index (χ4n) is 2.06. The van der Waals surface area contributed by atoms with Gasteiger partial charge in [-0.1, -0.05) is 71.2 Å². The molecule has 5 N–H and O–H groups in total. The molecule has 2 heterocycles. The van der Waals surface area contributed by atoms with E-state index < -0.39 is 0 Å². The van der Waals surface area contributed by atoms with Crippen molar-refractivity contribution >= 4 is 0 Å². The van der Waals surface area contributed by atoms with Crippen LogP contribution in [0, 0.1) is 0 Å². The van der Waals surface area contributed by atoms with E-state index in [9.17, 15) is 0 Å². The second kappa shape index (κ2) is 46.8. The van der Waals surface area contributed by atoms with Gasteiger partial charge < -0.3 is 31.3 Å². The SMILES string of the molecule is C.C.C.C.C1CCNC1.C1COCCN1.CC(C)NC(C)C.CCNCC.CNC. The maximum absolute atomic E-state index is 5.01. The van der Waals surface area contributed by atoms with Crippen molar-refractivity contribution in [2.75, 3.05) is 66.6 Å². The van der Waals surface area contributed by atoms with Crippen LogP contribution in [0.25, 0.3) is 0 Å². The molecule has 2 aliphatic rings. The molecule has 0 aliphatic carbocycles. The summed E-state index contributed by atoms with van der Waals surface area (Å²) in [7, 11) is 3.75. The highest BCUT2D eigenvalue weighted by molar-refractivity contribution is 4.56. The molecular weight excluding hydrogens is 374 g/mol. The molecule has 0 saturated carbocycles. The van der Waals surface area contributed by atoms with E-state index in [1.807, 2.05) is 14.1 Å². The number of morpholine rings is 1. The Bertz CT molecular complexity index is 183. The van der Waals surface area contributed by atoms with Crippen LogP contribution in [0.3, 0.4) is 0 Å². The van der Waals surface area contributed by atoms with Crippen molar-refractivity contribution in [1.29, 1.82) is 0 Å². The summed E-state index contributed by atoms with van der Waals surface area (Å²) in [6, 6.07) is 1.25. The number of hydrogen-bond acceptors (Lipinski definition) is 6. The maximum atomic E-state index is 5.01. The van der Waals surface area contributed by atoms with Crippen molar-refractivity contribution < 1.29 is 4.74 Å². The Morgan fingerprint density at radius 3 is 1.10 bits per heavy atom. The third kappa shape index (κ3) is 70.8. The molecular formula is C24H67N5O. The molecule has 30 heavy (non-hydrogen) atoms. The molecule has 0 amide bonds. The van der Waals surface area contributed by atoms with Gasteiger partial charge in [0.1, 0.15) is 0 Å². The molecule has 0 aromatic rings. The van der Waals surface area contributed by atoms with E-state index in [0.717, 1.165) is 39.4 Å². The first-order valence-corrected chi connectivity index (χ1v) is 10.5. The Balaban J connectivity index is -0.0000000435. The van der Waals surface area contributed by atoms with Crippen LogP contribution in [0.1, 0.15) is 84.1 Å². The van der Waals surface area contributed by atoms with Crippen molar-refractivity contribution in [3.05, 3.63) is 0 Å². The van der Waals surface area contributed by atoms with Gasteiger partial charge in [0.15, 0.2) is 0 Å². The summed E-state index contributed by atoms with van der Waals surface area (Å²) in [6.45, 7) is 21.3. The smallest absolute Gasteiger partial charge is 0.0591 e. The molecule has 2 aliphatic heterocycles. The van der Waals surface area contributed by atoms with E-state index in [0.29, 0.717) is 12.1 Å². The monoisotopic (exact) mass is 442 g/mol. The van der Waals surface area contributed by atoms with Crippen molar-refractivity contribution in [2.45, 2.75) is 96.2 Å². The highest BCUT2D eigenvalue weighted by atomic mass is 16.5. The van der Waals surface area contributed by atoms with Crippen molar-refractivity contribution in [2.24, 2.45) is 0 Å². The third-order valence-electron chi connectivity index (χ3n) is 2.97. The van der Waals surface area contributed by atoms with E-state index in [2.05, 4.69) is 68.1 Å². The van der Waals surface area contributed by atoms with Crippen LogP contribution < -0.4 is 26.6 Å². The summed E-state index contributed by atoms with van der Waals surface area (Å²) >= 11 is 0. The van der Waals surface area contributed by atoms with Gasteiger partial charge in [0.25, 0.3) is 0 Å². The predicted octanol–water partition coefficient (Wildman–Crippen LogP) is 4.36. The molecule has 2 rings (SSSR count). The first kappa shape index (κ1) is 47.5. The zero-order chi connectivity index (χ0) is 20.5. The molecule has 0 unspecified atom stereocenters. The molecule has 0 spiro atoms. The van der Waals surface area contributed by atoms with Gasteiger partial charge in [-0.25, -0.2) is 0 Å². The van der Waals surface area contributed by atoms with Gasteiger partial charge in [0.05, 0.1) is 13.2 Å². The molecule has 0 atom stereocenters. The van der Waals surface area contributed by atoms with Crippen LogP contribution in [0.5, 0.6) is 0 Å². The summed E-state index contributed by atoms with van der Waals surface area (Å²) in [5, 5.41) is 15.5. The van der Waals surface area contributed by atoms with E-state index >= 15 is 0 Å². The second-order valence-electron chi connectivity index (χ2n) is 6.75. The van der Waals surface area contributed by atoms with E-state index in [4.69, 9.17) is 4.74 Å². The van der Waals surface area contributed by atoms with E-state index in [1.54, 1.807) is 0 Å². The molecule has 2 fully saturated rings. The average molecular weight is 442 g/mol. The zero-order valence-electron chi connectivity index (χ0n) is 19.1. The van der Waals surface area contributed by atoms with Gasteiger partial charge in [-0.3, -0.25) is 0 Å². The molecule has 0 aromatic carbocycles. The maximum Gasteiger partial charge on any atom is 0.0591 e. The van der Waals surface area contributed by atoms with Crippen LogP contribution in [0.2, 0.25) is 0 Å². The topological polar surface area (TPSA) is 69.4 Å². The molecule has 194 valence electrons. The Hall–Kier alpha value is -0.240. The van der Waals surface area contributed by atoms with Crippen molar-refractivity contribution in [3.63, 3.8) is 0 Å². The first-order chi connectivity index (χ1) is 12.5. The minimum Gasteiger partial charge on any atom is -0.379 e. The van der Waals surface area contributed by atoms with Crippen molar-refractivity contribution in [3.8, 4) is 0 Å². The second-order valence-corrected chi connectivity index (χ2v) is 6.75. The lowest BCUT2D eigenvalue weighted by Crippen LogP contribution is -2.30. The van der Waals surface area contributed by atoms with Gasteiger partial charge in [-0.05, 0) is 53.1 Å². The van der Waals surface area contributed by atoms with E-state index in [1.165, 1.54) is 25.9 Å². The van der Waals surface area contributed by atoms with Crippen LogP contribution in [0.15, 0.2) is 0 Å². The van der Waals surface area contributed by atoms with Gasteiger partial charge in [-0.15, -0.1) is 0 Å². The van der Waals surface area contributed by atoms with Gasteiger partial charge in [0, 0.05) is 25.2 Å². The first-order valence-electron chi connectivity index (χ1n) is 10.5. The standard InChI is InChI=1S/C6H15N.C4H9NO.C4H9N.C4H11N.C2H7N.4CH4/c1-5(2)7-6(3)4;1-3-6-4-2-5-1;1-2-4-5-3-1;1-3-5-4-2;1-3-2;;;;/h5-7H,1-4H3;5H,1-4H2;5H,1-4H2;5H,3-4H2,1-2H3;3H,1-2H3;4*1H4. The van der Waals surface area contributed by atoms with Crippen molar-refractivity contribution in [1.82, 2.24) is 26.6 Å². The predicted molar refractivity (Wildman–Crippen MR) is 145 cm³/mol. The average Bonchev–Trinajstić information content (AvgIpc) is 3.18. The number of ether oxygens (including phenoxy) is 1. The summed E-state index contributed by atoms with van der Waals surface area (Å²) in [4.78, 5) is 0. The summed E-state index contributed by atoms with van der Waals surface area (Å²) < 4.78 is 5.01. The third-order valence-corrected chi connectivity index (χ3v) is 2.97. The Kier molecular flexibility index (Phi) is 74.1. The minimum atomic E-state index is 0. The lowest BCUT2D eigenvalue weighted by Gasteiger charge is -2.10. The fourth-order valence-corrected chi connectivity index (χ4v) is 2.06. The lowest BCUT2D eigenvalue weighted by molar-refractivity contribution is 0.109. The molecule has 6 nitrogen and oxygen atoms in total. The fraction of sp³-hybridized carbons (Fsp3) is 1.00. The Labute approximate surface area is 194 Å². The highest BCUT2D eigenvalue weighted by Crippen LogP contribution is 1.90. The normalized spacial score (nSPS) is 13.4. The van der Waals surface area contributed by atoms with Crippen LogP contribution in [-0.4, -0.2) is 78.7 Å². The molecule has 2 saturated heterocycles. The van der Waals surface area contributed by atoms with Crippen LogP contribution in [-0.2, 0) is 4.74 Å². The quantitative estimate of drug-likeness (QED) is 0.446. The van der Waals surface area contributed by atoms with Gasteiger partial charge in [0.2, 0.25) is 0 Å². The molecule has 6 heteroatoms. The highest BCUT2D eigenvalue weighted by Gasteiger charge is 1.94. The van der Waals surface area contributed by atoms with Crippen LogP contribution >= 0.6 is 0 Å².